The summed E-state index contributed by atoms with van der Waals surface area (Å²) in [7, 11) is 0. The van der Waals surface area contributed by atoms with Gasteiger partial charge in [0.2, 0.25) is 0 Å². The summed E-state index contributed by atoms with van der Waals surface area (Å²) >= 11 is 7.47. The average molecular weight is 265 g/mol. The molecule has 0 fully saturated rings. The van der Waals surface area contributed by atoms with Crippen molar-refractivity contribution in [3.05, 3.63) is 45.9 Å². The fourth-order valence-corrected chi connectivity index (χ4v) is 3.25. The first kappa shape index (κ1) is 11.1. The highest BCUT2D eigenvalue weighted by molar-refractivity contribution is 7.09. The van der Waals surface area contributed by atoms with Gasteiger partial charge in [-0.25, -0.2) is 4.98 Å². The second kappa shape index (κ2) is 4.67. The molecule has 0 unspecified atom stereocenters. The Morgan fingerprint density at radius 3 is 3.06 bits per heavy atom. The number of rotatable bonds is 3. The topological polar surface area (TPSA) is 16.1 Å². The van der Waals surface area contributed by atoms with Crippen molar-refractivity contribution in [3.8, 4) is 0 Å². The van der Waals surface area contributed by atoms with E-state index in [0.717, 1.165) is 30.2 Å². The third-order valence-electron chi connectivity index (χ3n) is 3.05. The maximum absolute atomic E-state index is 5.77. The first-order valence-corrected chi connectivity index (χ1v) is 7.10. The van der Waals surface area contributed by atoms with Gasteiger partial charge in [0.1, 0.15) is 5.01 Å². The molecule has 2 aromatic rings. The van der Waals surface area contributed by atoms with E-state index in [1.54, 1.807) is 11.3 Å². The van der Waals surface area contributed by atoms with Gasteiger partial charge in [-0.15, -0.1) is 22.9 Å². The summed E-state index contributed by atoms with van der Waals surface area (Å²) in [6.45, 7) is 1.99. The van der Waals surface area contributed by atoms with E-state index in [0.29, 0.717) is 5.88 Å². The Morgan fingerprint density at radius 1 is 1.35 bits per heavy atom. The van der Waals surface area contributed by atoms with Gasteiger partial charge in [-0.3, -0.25) is 0 Å². The summed E-state index contributed by atoms with van der Waals surface area (Å²) in [5.41, 5.74) is 3.79. The molecule has 0 saturated heterocycles. The fourth-order valence-electron chi connectivity index (χ4n) is 2.22. The summed E-state index contributed by atoms with van der Waals surface area (Å²) in [5.74, 6) is 0.507. The first-order chi connectivity index (χ1) is 8.36. The number of hydrogen-bond donors (Lipinski definition) is 0. The lowest BCUT2D eigenvalue weighted by atomic mass is 10.2. The molecule has 1 aromatic carbocycles. The number of thiazole rings is 1. The van der Waals surface area contributed by atoms with Gasteiger partial charge in [-0.05, 0) is 18.1 Å². The Morgan fingerprint density at radius 2 is 2.24 bits per heavy atom. The molecule has 0 spiro atoms. The zero-order valence-electron chi connectivity index (χ0n) is 9.40. The molecule has 0 atom stereocenters. The summed E-state index contributed by atoms with van der Waals surface area (Å²) in [4.78, 5) is 6.91. The first-order valence-electron chi connectivity index (χ1n) is 5.69. The van der Waals surface area contributed by atoms with Crippen LogP contribution in [0.15, 0.2) is 29.6 Å². The van der Waals surface area contributed by atoms with Crippen LogP contribution >= 0.6 is 22.9 Å². The Kier molecular flexibility index (Phi) is 3.04. The molecule has 88 valence electrons. The largest absolute Gasteiger partial charge is 0.364 e. The summed E-state index contributed by atoms with van der Waals surface area (Å²) < 4.78 is 0. The lowest BCUT2D eigenvalue weighted by Gasteiger charge is -2.17. The molecule has 17 heavy (non-hydrogen) atoms. The van der Waals surface area contributed by atoms with E-state index in [1.807, 2.05) is 5.38 Å². The Labute approximate surface area is 110 Å². The third-order valence-corrected chi connectivity index (χ3v) is 4.20. The van der Waals surface area contributed by atoms with Gasteiger partial charge in [0.05, 0.1) is 18.1 Å². The Balaban J connectivity index is 1.79. The zero-order valence-corrected chi connectivity index (χ0v) is 11.0. The van der Waals surface area contributed by atoms with E-state index < -0.39 is 0 Å². The quantitative estimate of drug-likeness (QED) is 0.790. The molecule has 1 aliphatic heterocycles. The normalized spacial score (nSPS) is 14.1. The molecular formula is C13H13ClN2S. The number of aromatic nitrogens is 1. The molecule has 0 bridgehead atoms. The van der Waals surface area contributed by atoms with Crippen LogP contribution in [-0.2, 0) is 18.8 Å². The number of nitrogens with zero attached hydrogens (tertiary/aromatic N) is 2. The second-order valence-electron chi connectivity index (χ2n) is 4.17. The minimum absolute atomic E-state index is 0.507. The monoisotopic (exact) mass is 264 g/mol. The lowest BCUT2D eigenvalue weighted by Crippen LogP contribution is -2.19. The van der Waals surface area contributed by atoms with E-state index in [9.17, 15) is 0 Å². The highest BCUT2D eigenvalue weighted by Crippen LogP contribution is 2.29. The van der Waals surface area contributed by atoms with Crippen molar-refractivity contribution in [2.24, 2.45) is 0 Å². The van der Waals surface area contributed by atoms with E-state index in [2.05, 4.69) is 34.1 Å². The van der Waals surface area contributed by atoms with Crippen LogP contribution in [0.25, 0.3) is 0 Å². The molecule has 0 amide bonds. The smallest absolute Gasteiger partial charge is 0.112 e. The minimum atomic E-state index is 0.507. The number of halogens is 1. The third kappa shape index (κ3) is 2.17. The molecular weight excluding hydrogens is 252 g/mol. The van der Waals surface area contributed by atoms with Crippen molar-refractivity contribution in [2.75, 3.05) is 11.4 Å². The Bertz CT molecular complexity index is 524. The van der Waals surface area contributed by atoms with Gasteiger partial charge in [0.15, 0.2) is 0 Å². The highest BCUT2D eigenvalue weighted by Gasteiger charge is 2.19. The SMILES string of the molecule is ClCc1csc(CN2CCc3ccccc32)n1. The van der Waals surface area contributed by atoms with Crippen LogP contribution in [0, 0.1) is 0 Å². The molecule has 2 nitrogen and oxygen atoms in total. The van der Waals surface area contributed by atoms with Crippen LogP contribution in [0.5, 0.6) is 0 Å². The van der Waals surface area contributed by atoms with Crippen molar-refractivity contribution in [3.63, 3.8) is 0 Å². The fraction of sp³-hybridized carbons (Fsp3) is 0.308. The van der Waals surface area contributed by atoms with Gasteiger partial charge < -0.3 is 4.90 Å². The van der Waals surface area contributed by atoms with Gasteiger partial charge in [0, 0.05) is 17.6 Å². The molecule has 1 aromatic heterocycles. The molecule has 3 rings (SSSR count). The van der Waals surface area contributed by atoms with E-state index >= 15 is 0 Å². The van der Waals surface area contributed by atoms with Gasteiger partial charge in [-0.2, -0.15) is 0 Å². The van der Waals surface area contributed by atoms with Crippen molar-refractivity contribution < 1.29 is 0 Å². The molecule has 2 heterocycles. The maximum atomic E-state index is 5.77. The molecule has 0 N–H and O–H groups in total. The number of anilines is 1. The van der Waals surface area contributed by atoms with Gasteiger partial charge >= 0.3 is 0 Å². The van der Waals surface area contributed by atoms with Crippen LogP contribution in [0.3, 0.4) is 0 Å². The van der Waals surface area contributed by atoms with Crippen LogP contribution in [0.4, 0.5) is 5.69 Å². The lowest BCUT2D eigenvalue weighted by molar-refractivity contribution is 0.827. The standard InChI is InChI=1S/C13H13ClN2S/c14-7-11-9-17-13(15-11)8-16-6-5-10-3-1-2-4-12(10)16/h1-4,9H,5-8H2. The maximum Gasteiger partial charge on any atom is 0.112 e. The molecule has 0 saturated carbocycles. The summed E-state index contributed by atoms with van der Waals surface area (Å²) in [6.07, 6.45) is 1.14. The van der Waals surface area contributed by atoms with Crippen LogP contribution in [0.1, 0.15) is 16.3 Å². The highest BCUT2D eigenvalue weighted by atomic mass is 35.5. The van der Waals surface area contributed by atoms with Gasteiger partial charge in [0.25, 0.3) is 0 Å². The van der Waals surface area contributed by atoms with Crippen molar-refractivity contribution in [1.29, 1.82) is 0 Å². The van der Waals surface area contributed by atoms with Crippen LogP contribution < -0.4 is 4.90 Å². The summed E-state index contributed by atoms with van der Waals surface area (Å²) in [5, 5.41) is 3.20. The zero-order chi connectivity index (χ0) is 11.7. The Hall–Kier alpha value is -1.06. The average Bonchev–Trinajstić information content (AvgIpc) is 2.97. The minimum Gasteiger partial charge on any atom is -0.364 e. The molecule has 0 aliphatic carbocycles. The summed E-state index contributed by atoms with van der Waals surface area (Å²) in [6, 6.07) is 8.61. The van der Waals surface area contributed by atoms with Gasteiger partial charge in [-0.1, -0.05) is 18.2 Å². The molecule has 0 radical (unpaired) electrons. The number of alkyl halides is 1. The molecule has 1 aliphatic rings. The van der Waals surface area contributed by atoms with E-state index in [1.165, 1.54) is 11.3 Å². The van der Waals surface area contributed by atoms with Crippen molar-refractivity contribution in [2.45, 2.75) is 18.8 Å². The van der Waals surface area contributed by atoms with E-state index in [-0.39, 0.29) is 0 Å². The number of fused-ring (bicyclic) bond motifs is 1. The number of hydrogen-bond acceptors (Lipinski definition) is 3. The second-order valence-corrected chi connectivity index (χ2v) is 5.38. The van der Waals surface area contributed by atoms with Crippen molar-refractivity contribution in [1.82, 2.24) is 4.98 Å². The number of para-hydroxylation sites is 1. The number of benzene rings is 1. The predicted molar refractivity (Wildman–Crippen MR) is 72.9 cm³/mol. The van der Waals surface area contributed by atoms with Crippen LogP contribution in [0.2, 0.25) is 0 Å². The molecule has 4 heteroatoms. The van der Waals surface area contributed by atoms with Crippen molar-refractivity contribution >= 4 is 28.6 Å². The van der Waals surface area contributed by atoms with Crippen LogP contribution in [-0.4, -0.2) is 11.5 Å². The van der Waals surface area contributed by atoms with E-state index in [4.69, 9.17) is 11.6 Å². The predicted octanol–water partition coefficient (Wildman–Crippen LogP) is 3.44.